The molecule has 0 atom stereocenters. The number of hydrogen-bond donors (Lipinski definition) is 1. The lowest BCUT2D eigenvalue weighted by atomic mass is 10.1. The maximum Gasteiger partial charge on any atom is 0.293 e. The van der Waals surface area contributed by atoms with Gasteiger partial charge in [0.2, 0.25) is 0 Å². The number of nitrogens with one attached hydrogen (secondary N) is 1. The summed E-state index contributed by atoms with van der Waals surface area (Å²) in [6.45, 7) is 0. The van der Waals surface area contributed by atoms with Crippen LogP contribution < -0.4 is 5.32 Å². The van der Waals surface area contributed by atoms with Crippen molar-refractivity contribution in [3.63, 3.8) is 0 Å². The van der Waals surface area contributed by atoms with E-state index < -0.39 is 0 Å². The fraction of sp³-hybridized carbons (Fsp3) is 0.0476. The van der Waals surface area contributed by atoms with Crippen LogP contribution in [0.3, 0.4) is 0 Å². The molecular formula is C21H13Cl3N2O2S. The van der Waals surface area contributed by atoms with E-state index in [1.165, 1.54) is 11.3 Å². The van der Waals surface area contributed by atoms with Crippen LogP contribution in [0.25, 0.3) is 11.3 Å². The van der Waals surface area contributed by atoms with E-state index in [1.54, 1.807) is 48.7 Å². The molecule has 146 valence electrons. The summed E-state index contributed by atoms with van der Waals surface area (Å²) in [7, 11) is 0. The van der Waals surface area contributed by atoms with Crippen molar-refractivity contribution in [3.05, 3.63) is 92.1 Å². The Hall–Kier alpha value is -2.31. The standard InChI is InChI=1S/C21H13Cl3N2O2S/c22-13-4-1-3-12(9-13)18-7-8-19(28-18)20(27)26-21-25-11-14(29-21)10-15-16(23)5-2-6-17(15)24/h1-9,11H,10H2,(H,25,26,27). The van der Waals surface area contributed by atoms with Gasteiger partial charge < -0.3 is 4.42 Å². The van der Waals surface area contributed by atoms with Gasteiger partial charge in [-0.15, -0.1) is 11.3 Å². The molecule has 1 amide bonds. The molecule has 0 aliphatic carbocycles. The number of rotatable bonds is 5. The molecule has 0 saturated carbocycles. The predicted octanol–water partition coefficient (Wildman–Crippen LogP) is 7.21. The van der Waals surface area contributed by atoms with E-state index in [9.17, 15) is 4.79 Å². The quantitative estimate of drug-likeness (QED) is 0.340. The molecule has 29 heavy (non-hydrogen) atoms. The summed E-state index contributed by atoms with van der Waals surface area (Å²) in [6, 6.07) is 16.0. The summed E-state index contributed by atoms with van der Waals surface area (Å²) < 4.78 is 5.66. The van der Waals surface area contributed by atoms with E-state index in [4.69, 9.17) is 39.2 Å². The van der Waals surface area contributed by atoms with Crippen LogP contribution >= 0.6 is 46.1 Å². The number of hydrogen-bond acceptors (Lipinski definition) is 4. The first-order valence-electron chi connectivity index (χ1n) is 8.54. The van der Waals surface area contributed by atoms with Crippen molar-refractivity contribution in [1.29, 1.82) is 0 Å². The van der Waals surface area contributed by atoms with Gasteiger partial charge >= 0.3 is 0 Å². The van der Waals surface area contributed by atoms with Crippen LogP contribution in [0.5, 0.6) is 0 Å². The normalized spacial score (nSPS) is 10.9. The maximum atomic E-state index is 12.5. The minimum atomic E-state index is -0.380. The van der Waals surface area contributed by atoms with Gasteiger partial charge in [-0.3, -0.25) is 10.1 Å². The summed E-state index contributed by atoms with van der Waals surface area (Å²) in [4.78, 5) is 17.7. The zero-order chi connectivity index (χ0) is 20.4. The van der Waals surface area contributed by atoms with Gasteiger partial charge in [0.1, 0.15) is 5.76 Å². The van der Waals surface area contributed by atoms with Gasteiger partial charge in [0.15, 0.2) is 10.9 Å². The molecule has 4 rings (SSSR count). The first-order chi connectivity index (χ1) is 14.0. The lowest BCUT2D eigenvalue weighted by molar-refractivity contribution is 0.0997. The van der Waals surface area contributed by atoms with Crippen LogP contribution in [0, 0.1) is 0 Å². The molecule has 0 aliphatic heterocycles. The molecule has 0 fully saturated rings. The van der Waals surface area contributed by atoms with Crippen LogP contribution in [-0.4, -0.2) is 10.9 Å². The van der Waals surface area contributed by atoms with Gasteiger partial charge in [0.05, 0.1) is 0 Å². The fourth-order valence-electron chi connectivity index (χ4n) is 2.74. The Kier molecular flexibility index (Phi) is 5.92. The van der Waals surface area contributed by atoms with Crippen LogP contribution in [0.1, 0.15) is 21.0 Å². The van der Waals surface area contributed by atoms with Crippen molar-refractivity contribution in [2.24, 2.45) is 0 Å². The van der Waals surface area contributed by atoms with Gasteiger partial charge in [0.25, 0.3) is 5.91 Å². The zero-order valence-electron chi connectivity index (χ0n) is 14.8. The summed E-state index contributed by atoms with van der Waals surface area (Å²) in [5.74, 6) is 0.367. The molecule has 2 aromatic heterocycles. The number of benzene rings is 2. The van der Waals surface area contributed by atoms with Crippen LogP contribution in [0.4, 0.5) is 5.13 Å². The van der Waals surface area contributed by atoms with Crippen molar-refractivity contribution < 1.29 is 9.21 Å². The minimum Gasteiger partial charge on any atom is -0.451 e. The average molecular weight is 464 g/mol. The number of amides is 1. The van der Waals surface area contributed by atoms with Crippen molar-refractivity contribution in [2.45, 2.75) is 6.42 Å². The molecule has 0 radical (unpaired) electrons. The molecule has 0 saturated heterocycles. The van der Waals surface area contributed by atoms with Gasteiger partial charge in [-0.1, -0.05) is 53.0 Å². The first kappa shape index (κ1) is 20.0. The van der Waals surface area contributed by atoms with Crippen LogP contribution in [0.2, 0.25) is 15.1 Å². The number of carbonyl (C=O) groups is 1. The summed E-state index contributed by atoms with van der Waals surface area (Å²) in [5, 5.41) is 5.01. The maximum absolute atomic E-state index is 12.5. The number of carbonyl (C=O) groups excluding carboxylic acids is 1. The van der Waals surface area contributed by atoms with Gasteiger partial charge in [-0.2, -0.15) is 0 Å². The van der Waals surface area contributed by atoms with Crippen molar-refractivity contribution in [1.82, 2.24) is 4.98 Å². The first-order valence-corrected chi connectivity index (χ1v) is 10.5. The second kappa shape index (κ2) is 8.59. The number of anilines is 1. The molecule has 0 bridgehead atoms. The number of nitrogens with zero attached hydrogens (tertiary/aromatic N) is 1. The smallest absolute Gasteiger partial charge is 0.293 e. The highest BCUT2D eigenvalue weighted by molar-refractivity contribution is 7.15. The molecule has 2 heterocycles. The fourth-order valence-corrected chi connectivity index (χ4v) is 4.28. The number of aromatic nitrogens is 1. The van der Waals surface area contributed by atoms with Gasteiger partial charge in [0, 0.05) is 38.1 Å². The SMILES string of the molecule is O=C(Nc1ncc(Cc2c(Cl)cccc2Cl)s1)c1ccc(-c2cccc(Cl)c2)o1. The van der Waals surface area contributed by atoms with Crippen molar-refractivity contribution >= 4 is 57.2 Å². The summed E-state index contributed by atoms with van der Waals surface area (Å²) in [5.41, 5.74) is 1.62. The molecule has 0 aliphatic rings. The lowest BCUT2D eigenvalue weighted by Gasteiger charge is -2.04. The molecule has 1 N–H and O–H groups in total. The molecule has 2 aromatic carbocycles. The zero-order valence-corrected chi connectivity index (χ0v) is 17.9. The minimum absolute atomic E-state index is 0.186. The molecule has 4 aromatic rings. The van der Waals surface area contributed by atoms with Gasteiger partial charge in [-0.25, -0.2) is 4.98 Å². The number of halogens is 3. The van der Waals surface area contributed by atoms with E-state index in [1.807, 2.05) is 12.1 Å². The van der Waals surface area contributed by atoms with Crippen LogP contribution in [0.15, 0.2) is 65.2 Å². The monoisotopic (exact) mass is 462 g/mol. The summed E-state index contributed by atoms with van der Waals surface area (Å²) in [6.07, 6.45) is 2.23. The molecule has 0 unspecified atom stereocenters. The highest BCUT2D eigenvalue weighted by atomic mass is 35.5. The third kappa shape index (κ3) is 4.65. The van der Waals surface area contributed by atoms with Gasteiger partial charge in [-0.05, 0) is 42.0 Å². The largest absolute Gasteiger partial charge is 0.451 e. The molecule has 8 heteroatoms. The second-order valence-corrected chi connectivity index (χ2v) is 8.50. The summed E-state index contributed by atoms with van der Waals surface area (Å²) >= 11 is 19.8. The van der Waals surface area contributed by atoms with E-state index in [0.29, 0.717) is 32.4 Å². The number of furan rings is 1. The highest BCUT2D eigenvalue weighted by Crippen LogP contribution is 2.30. The van der Waals surface area contributed by atoms with E-state index in [-0.39, 0.29) is 11.7 Å². The van der Waals surface area contributed by atoms with E-state index in [0.717, 1.165) is 16.0 Å². The topological polar surface area (TPSA) is 55.1 Å². The Balaban J connectivity index is 1.46. The lowest BCUT2D eigenvalue weighted by Crippen LogP contribution is -2.10. The molecule has 0 spiro atoms. The second-order valence-electron chi connectivity index (χ2n) is 6.14. The Morgan fingerprint density at radius 3 is 2.55 bits per heavy atom. The van der Waals surface area contributed by atoms with Crippen molar-refractivity contribution in [2.75, 3.05) is 5.32 Å². The highest BCUT2D eigenvalue weighted by Gasteiger charge is 2.15. The Bertz CT molecular complexity index is 1170. The van der Waals surface area contributed by atoms with Crippen molar-refractivity contribution in [3.8, 4) is 11.3 Å². The Morgan fingerprint density at radius 2 is 1.79 bits per heavy atom. The number of thiazole rings is 1. The van der Waals surface area contributed by atoms with E-state index >= 15 is 0 Å². The Morgan fingerprint density at radius 1 is 1.03 bits per heavy atom. The predicted molar refractivity (Wildman–Crippen MR) is 118 cm³/mol. The van der Waals surface area contributed by atoms with Crippen LogP contribution in [-0.2, 0) is 6.42 Å². The molecular weight excluding hydrogens is 451 g/mol. The third-order valence-electron chi connectivity index (χ3n) is 4.13. The van der Waals surface area contributed by atoms with E-state index in [2.05, 4.69) is 10.3 Å². The Labute approximate surface area is 186 Å². The molecule has 4 nitrogen and oxygen atoms in total. The third-order valence-corrected chi connectivity index (χ3v) is 5.98. The average Bonchev–Trinajstić information content (AvgIpc) is 3.35.